The Balaban J connectivity index is 2.59. The molecule has 0 amide bonds. The van der Waals surface area contributed by atoms with Gasteiger partial charge in [0.1, 0.15) is 0 Å². The zero-order valence-corrected chi connectivity index (χ0v) is 11.4. The van der Waals surface area contributed by atoms with Crippen LogP contribution < -0.4 is 0 Å². The molecule has 1 N–H and O–H groups in total. The lowest BCUT2D eigenvalue weighted by Crippen LogP contribution is -2.36. The van der Waals surface area contributed by atoms with Crippen molar-refractivity contribution in [2.75, 3.05) is 0 Å². The molecule has 1 rings (SSSR count). The second-order valence-electron chi connectivity index (χ2n) is 4.51. The van der Waals surface area contributed by atoms with Gasteiger partial charge in [-0.15, -0.1) is 0 Å². The molecule has 5 heteroatoms. The van der Waals surface area contributed by atoms with Gasteiger partial charge in [-0.2, -0.15) is 0 Å². The molecule has 0 fully saturated rings. The molecule has 0 atom stereocenters. The van der Waals surface area contributed by atoms with E-state index in [0.717, 1.165) is 17.7 Å². The lowest BCUT2D eigenvalue weighted by atomic mass is 10.2. The number of carbonyl (C=O) groups excluding carboxylic acids is 1. The second-order valence-corrected chi connectivity index (χ2v) is 8.59. The van der Waals surface area contributed by atoms with Crippen LogP contribution in [0.1, 0.15) is 5.56 Å². The van der Waals surface area contributed by atoms with Crippen LogP contribution in [0.5, 0.6) is 0 Å². The first-order valence-corrected chi connectivity index (χ1v) is 8.68. The summed E-state index contributed by atoms with van der Waals surface area (Å²) < 4.78 is 5.34. The van der Waals surface area contributed by atoms with Crippen molar-refractivity contribution in [1.82, 2.24) is 0 Å². The normalized spacial score (nSPS) is 11.4. The minimum atomic E-state index is -2.17. The van der Waals surface area contributed by atoms with Crippen molar-refractivity contribution in [3.63, 3.8) is 0 Å². The first kappa shape index (κ1) is 14.2. The predicted molar refractivity (Wildman–Crippen MR) is 70.5 cm³/mol. The lowest BCUT2D eigenvalue weighted by molar-refractivity contribution is -0.133. The fourth-order valence-corrected chi connectivity index (χ4v) is 3.47. The Labute approximate surface area is 107 Å². The van der Waals surface area contributed by atoms with Gasteiger partial charge in [0.25, 0.3) is 8.32 Å². The van der Waals surface area contributed by atoms with Gasteiger partial charge >= 0.3 is 11.9 Å². The molecular weight excluding hydrogens is 248 g/mol. The van der Waals surface area contributed by atoms with E-state index in [9.17, 15) is 9.59 Å². The van der Waals surface area contributed by atoms with Crippen LogP contribution in [-0.4, -0.2) is 25.4 Å². The highest BCUT2D eigenvalue weighted by molar-refractivity contribution is 6.72. The SMILES string of the molecule is C[Si](C)(Cc1ccccc1)OC(=O)/C=C\C(=O)O. The van der Waals surface area contributed by atoms with Gasteiger partial charge in [0.2, 0.25) is 0 Å². The van der Waals surface area contributed by atoms with Gasteiger partial charge in [-0.05, 0) is 18.7 Å². The van der Waals surface area contributed by atoms with Crippen LogP contribution in [0.25, 0.3) is 0 Å². The minimum Gasteiger partial charge on any atom is -0.516 e. The van der Waals surface area contributed by atoms with Gasteiger partial charge < -0.3 is 9.53 Å². The van der Waals surface area contributed by atoms with E-state index in [4.69, 9.17) is 9.53 Å². The molecule has 0 saturated carbocycles. The van der Waals surface area contributed by atoms with E-state index in [1.165, 1.54) is 0 Å². The average Bonchev–Trinajstić information content (AvgIpc) is 2.26. The number of hydrogen-bond acceptors (Lipinski definition) is 3. The van der Waals surface area contributed by atoms with Gasteiger partial charge in [0.05, 0.1) is 0 Å². The van der Waals surface area contributed by atoms with Crippen molar-refractivity contribution < 1.29 is 19.1 Å². The molecule has 0 heterocycles. The first-order valence-electron chi connectivity index (χ1n) is 5.57. The molecular formula is C13H16O4Si. The Hall–Kier alpha value is -1.88. The summed E-state index contributed by atoms with van der Waals surface area (Å²) in [5.41, 5.74) is 1.11. The minimum absolute atomic E-state index is 0.593. The highest BCUT2D eigenvalue weighted by Gasteiger charge is 2.26. The third-order valence-corrected chi connectivity index (χ3v) is 4.23. The molecule has 0 spiro atoms. The average molecular weight is 264 g/mol. The van der Waals surface area contributed by atoms with E-state index in [1.807, 2.05) is 43.4 Å². The summed E-state index contributed by atoms with van der Waals surface area (Å²) >= 11 is 0. The highest BCUT2D eigenvalue weighted by atomic mass is 28.4. The van der Waals surface area contributed by atoms with Crippen LogP contribution in [0.3, 0.4) is 0 Å². The molecule has 4 nitrogen and oxygen atoms in total. The number of carboxylic acid groups (broad SMARTS) is 1. The van der Waals surface area contributed by atoms with Crippen molar-refractivity contribution in [2.24, 2.45) is 0 Å². The molecule has 0 bridgehead atoms. The summed E-state index contributed by atoms with van der Waals surface area (Å²) in [4.78, 5) is 21.7. The number of carbonyl (C=O) groups is 2. The zero-order chi connectivity index (χ0) is 13.6. The molecule has 96 valence electrons. The first-order chi connectivity index (χ1) is 8.39. The van der Waals surface area contributed by atoms with Gasteiger partial charge in [-0.25, -0.2) is 9.59 Å². The molecule has 0 aliphatic rings. The molecule has 0 radical (unpaired) electrons. The molecule has 1 aromatic carbocycles. The van der Waals surface area contributed by atoms with Crippen LogP contribution in [0.2, 0.25) is 13.1 Å². The fourth-order valence-electron chi connectivity index (χ4n) is 1.57. The summed E-state index contributed by atoms with van der Waals surface area (Å²) in [6, 6.07) is 10.5. The molecule has 0 saturated heterocycles. The maximum absolute atomic E-state index is 11.4. The quantitative estimate of drug-likeness (QED) is 0.654. The Morgan fingerprint density at radius 2 is 1.83 bits per heavy atom. The van der Waals surface area contributed by atoms with E-state index in [0.29, 0.717) is 6.04 Å². The molecule has 0 aromatic heterocycles. The maximum Gasteiger partial charge on any atom is 0.328 e. The number of aliphatic carboxylic acids is 1. The van der Waals surface area contributed by atoms with Crippen molar-refractivity contribution in [3.8, 4) is 0 Å². The number of hydrogen-bond donors (Lipinski definition) is 1. The Morgan fingerprint density at radius 3 is 2.39 bits per heavy atom. The number of carboxylic acids is 1. The highest BCUT2D eigenvalue weighted by Crippen LogP contribution is 2.13. The largest absolute Gasteiger partial charge is 0.516 e. The van der Waals surface area contributed by atoms with Gasteiger partial charge in [0, 0.05) is 18.2 Å². The Morgan fingerprint density at radius 1 is 1.22 bits per heavy atom. The van der Waals surface area contributed by atoms with Crippen LogP contribution >= 0.6 is 0 Å². The maximum atomic E-state index is 11.4. The topological polar surface area (TPSA) is 63.6 Å². The summed E-state index contributed by atoms with van der Waals surface area (Å²) in [6.45, 7) is 3.85. The van der Waals surface area contributed by atoms with Crippen LogP contribution in [0.4, 0.5) is 0 Å². The van der Waals surface area contributed by atoms with Crippen LogP contribution in [0, 0.1) is 0 Å². The molecule has 1 aromatic rings. The zero-order valence-electron chi connectivity index (χ0n) is 10.4. The molecule has 0 aliphatic heterocycles. The molecule has 18 heavy (non-hydrogen) atoms. The summed E-state index contributed by atoms with van der Waals surface area (Å²) in [6.07, 6.45) is 1.73. The van der Waals surface area contributed by atoms with Crippen molar-refractivity contribution in [2.45, 2.75) is 19.1 Å². The van der Waals surface area contributed by atoms with E-state index in [1.54, 1.807) is 0 Å². The second kappa shape index (κ2) is 6.16. The smallest absolute Gasteiger partial charge is 0.328 e. The van der Waals surface area contributed by atoms with E-state index < -0.39 is 20.3 Å². The predicted octanol–water partition coefficient (Wildman–Crippen LogP) is 2.16. The van der Waals surface area contributed by atoms with Crippen molar-refractivity contribution in [3.05, 3.63) is 48.0 Å². The Bertz CT molecular complexity index is 451. The number of rotatable bonds is 5. The third kappa shape index (κ3) is 5.45. The fraction of sp³-hybridized carbons (Fsp3) is 0.231. The van der Waals surface area contributed by atoms with E-state index >= 15 is 0 Å². The van der Waals surface area contributed by atoms with Crippen LogP contribution in [-0.2, 0) is 20.1 Å². The summed E-state index contributed by atoms with van der Waals surface area (Å²) in [5, 5.41) is 8.41. The van der Waals surface area contributed by atoms with Gasteiger partial charge in [-0.1, -0.05) is 30.3 Å². The molecule has 0 unspecified atom stereocenters. The summed E-state index contributed by atoms with van der Waals surface area (Å²) in [5.74, 6) is -1.75. The summed E-state index contributed by atoms with van der Waals surface area (Å²) in [7, 11) is -2.17. The monoisotopic (exact) mass is 264 g/mol. The number of benzene rings is 1. The molecule has 0 aliphatic carbocycles. The third-order valence-electron chi connectivity index (χ3n) is 2.21. The van der Waals surface area contributed by atoms with E-state index in [-0.39, 0.29) is 0 Å². The van der Waals surface area contributed by atoms with Crippen LogP contribution in [0.15, 0.2) is 42.5 Å². The van der Waals surface area contributed by atoms with Gasteiger partial charge in [-0.3, -0.25) is 0 Å². The standard InChI is InChI=1S/C13H16O4Si/c1-18(2,10-11-6-4-3-5-7-11)17-13(16)9-8-12(14)15/h3-9H,10H2,1-2H3,(H,14,15)/b9-8-. The van der Waals surface area contributed by atoms with Crippen molar-refractivity contribution in [1.29, 1.82) is 0 Å². The van der Waals surface area contributed by atoms with Gasteiger partial charge in [0.15, 0.2) is 0 Å². The lowest BCUT2D eigenvalue weighted by Gasteiger charge is -2.21. The van der Waals surface area contributed by atoms with Crippen molar-refractivity contribution >= 4 is 20.3 Å². The van der Waals surface area contributed by atoms with E-state index in [2.05, 4.69) is 0 Å². The Kier molecular flexibility index (Phi) is 4.85.